The first-order valence-electron chi connectivity index (χ1n) is 8.00. The van der Waals surface area contributed by atoms with Gasteiger partial charge in [-0.25, -0.2) is 0 Å². The fraction of sp³-hybridized carbons (Fsp3) is 0.882. The van der Waals surface area contributed by atoms with Gasteiger partial charge in [0.15, 0.2) is 0 Å². The van der Waals surface area contributed by atoms with Crippen LogP contribution in [0.2, 0.25) is 0 Å². The van der Waals surface area contributed by atoms with Crippen molar-refractivity contribution in [2.45, 2.75) is 60.4 Å². The van der Waals surface area contributed by atoms with Crippen LogP contribution < -0.4 is 5.32 Å². The van der Waals surface area contributed by atoms with Crippen LogP contribution >= 0.6 is 0 Å². The molecule has 0 aromatic carbocycles. The van der Waals surface area contributed by atoms with Gasteiger partial charge in [0.25, 0.3) is 0 Å². The molecule has 1 N–H and O–H groups in total. The molecule has 0 bridgehead atoms. The van der Waals surface area contributed by atoms with Gasteiger partial charge in [-0.1, -0.05) is 53.2 Å². The van der Waals surface area contributed by atoms with E-state index in [4.69, 9.17) is 0 Å². The molecule has 19 heavy (non-hydrogen) atoms. The minimum Gasteiger partial charge on any atom is -0.315 e. The maximum absolute atomic E-state index is 3.59. The maximum atomic E-state index is 3.59. The predicted molar refractivity (Wildman–Crippen MR) is 85.5 cm³/mol. The van der Waals surface area contributed by atoms with Gasteiger partial charge in [-0.05, 0) is 30.7 Å². The van der Waals surface area contributed by atoms with Gasteiger partial charge in [-0.15, -0.1) is 0 Å². The highest BCUT2D eigenvalue weighted by Crippen LogP contribution is 2.31. The molecule has 1 atom stereocenters. The highest BCUT2D eigenvalue weighted by molar-refractivity contribution is 5.15. The van der Waals surface area contributed by atoms with Crippen molar-refractivity contribution in [3.05, 3.63) is 11.6 Å². The Morgan fingerprint density at radius 1 is 1.32 bits per heavy atom. The zero-order valence-electron chi connectivity index (χ0n) is 13.9. The van der Waals surface area contributed by atoms with Gasteiger partial charge in [-0.2, -0.15) is 0 Å². The van der Waals surface area contributed by atoms with Gasteiger partial charge in [0.2, 0.25) is 0 Å². The third kappa shape index (κ3) is 5.27. The van der Waals surface area contributed by atoms with E-state index < -0.39 is 0 Å². The molecule has 1 unspecified atom stereocenters. The van der Waals surface area contributed by atoms with Crippen LogP contribution in [0.1, 0.15) is 54.4 Å². The molecule has 0 aromatic rings. The van der Waals surface area contributed by atoms with Crippen LogP contribution in [0.4, 0.5) is 0 Å². The van der Waals surface area contributed by atoms with Crippen molar-refractivity contribution in [3.8, 4) is 0 Å². The lowest BCUT2D eigenvalue weighted by Gasteiger charge is -2.38. The molecule has 1 heterocycles. The average molecular weight is 266 g/mol. The molecule has 0 spiro atoms. The van der Waals surface area contributed by atoms with Crippen LogP contribution in [0.15, 0.2) is 11.6 Å². The second-order valence-electron chi connectivity index (χ2n) is 7.24. The van der Waals surface area contributed by atoms with Crippen molar-refractivity contribution in [2.75, 3.05) is 26.2 Å². The third-order valence-corrected chi connectivity index (χ3v) is 4.22. The zero-order chi connectivity index (χ0) is 14.5. The molecule has 1 aliphatic rings. The van der Waals surface area contributed by atoms with Crippen molar-refractivity contribution >= 4 is 0 Å². The number of nitrogens with one attached hydrogen (secondary N) is 1. The number of hydrogen-bond acceptors (Lipinski definition) is 2. The van der Waals surface area contributed by atoms with E-state index in [1.54, 1.807) is 5.57 Å². The van der Waals surface area contributed by atoms with Crippen LogP contribution in [0.5, 0.6) is 0 Å². The van der Waals surface area contributed by atoms with E-state index in [1.807, 2.05) is 0 Å². The van der Waals surface area contributed by atoms with Gasteiger partial charge < -0.3 is 5.32 Å². The van der Waals surface area contributed by atoms with E-state index in [0.29, 0.717) is 17.4 Å². The molecule has 0 amide bonds. The van der Waals surface area contributed by atoms with Crippen molar-refractivity contribution in [1.29, 1.82) is 0 Å². The lowest BCUT2D eigenvalue weighted by molar-refractivity contribution is 0.158. The molecule has 0 fully saturated rings. The second kappa shape index (κ2) is 7.44. The minimum absolute atomic E-state index is 0.347. The first-order chi connectivity index (χ1) is 8.86. The fourth-order valence-corrected chi connectivity index (χ4v) is 2.88. The average Bonchev–Trinajstić information content (AvgIpc) is 2.33. The van der Waals surface area contributed by atoms with Crippen molar-refractivity contribution in [3.63, 3.8) is 0 Å². The van der Waals surface area contributed by atoms with Crippen molar-refractivity contribution in [2.24, 2.45) is 11.3 Å². The van der Waals surface area contributed by atoms with E-state index in [1.165, 1.54) is 19.4 Å². The molecular weight excluding hydrogens is 232 g/mol. The molecule has 0 aromatic heterocycles. The summed E-state index contributed by atoms with van der Waals surface area (Å²) in [5, 5.41) is 3.59. The second-order valence-corrected chi connectivity index (χ2v) is 7.24. The Labute approximate surface area is 120 Å². The maximum Gasteiger partial charge on any atom is 0.0247 e. The molecule has 0 aliphatic carbocycles. The summed E-state index contributed by atoms with van der Waals surface area (Å²) in [6.45, 7) is 18.5. The van der Waals surface area contributed by atoms with Crippen LogP contribution in [0.25, 0.3) is 0 Å². The largest absolute Gasteiger partial charge is 0.315 e. The molecule has 0 saturated heterocycles. The Kier molecular flexibility index (Phi) is 6.55. The molecule has 2 heteroatoms. The number of hydrogen-bond donors (Lipinski definition) is 1. The number of rotatable bonds is 6. The Bertz CT molecular complexity index is 286. The van der Waals surface area contributed by atoms with Crippen LogP contribution in [0.3, 0.4) is 0 Å². The normalized spacial score (nSPS) is 19.6. The Balaban J connectivity index is 2.57. The van der Waals surface area contributed by atoms with E-state index in [0.717, 1.165) is 19.6 Å². The topological polar surface area (TPSA) is 15.3 Å². The summed E-state index contributed by atoms with van der Waals surface area (Å²) in [7, 11) is 0. The highest BCUT2D eigenvalue weighted by Gasteiger charge is 2.26. The molecular formula is C17H34N2. The smallest absolute Gasteiger partial charge is 0.0247 e. The van der Waals surface area contributed by atoms with Crippen LogP contribution in [0, 0.1) is 11.3 Å². The van der Waals surface area contributed by atoms with Gasteiger partial charge >= 0.3 is 0 Å². The first kappa shape index (κ1) is 16.7. The third-order valence-electron chi connectivity index (χ3n) is 4.22. The molecule has 0 radical (unpaired) electrons. The summed E-state index contributed by atoms with van der Waals surface area (Å²) in [6.07, 6.45) is 4.93. The molecule has 2 nitrogen and oxygen atoms in total. The van der Waals surface area contributed by atoms with Gasteiger partial charge in [-0.3, -0.25) is 4.90 Å². The quantitative estimate of drug-likeness (QED) is 0.582. The summed E-state index contributed by atoms with van der Waals surface area (Å²) in [5.74, 6) is 0.717. The zero-order valence-corrected chi connectivity index (χ0v) is 13.9. The summed E-state index contributed by atoms with van der Waals surface area (Å²) >= 11 is 0. The van der Waals surface area contributed by atoms with Crippen molar-refractivity contribution < 1.29 is 0 Å². The van der Waals surface area contributed by atoms with E-state index in [9.17, 15) is 0 Å². The summed E-state index contributed by atoms with van der Waals surface area (Å²) in [5.41, 5.74) is 1.98. The van der Waals surface area contributed by atoms with Crippen LogP contribution in [-0.2, 0) is 0 Å². The minimum atomic E-state index is 0.347. The highest BCUT2D eigenvalue weighted by atomic mass is 15.2. The van der Waals surface area contributed by atoms with E-state index >= 15 is 0 Å². The molecule has 1 rings (SSSR count). The van der Waals surface area contributed by atoms with E-state index in [2.05, 4.69) is 57.8 Å². The lowest BCUT2D eigenvalue weighted by Crippen LogP contribution is -2.47. The monoisotopic (exact) mass is 266 g/mol. The first-order valence-corrected chi connectivity index (χ1v) is 8.00. The SMILES string of the molecule is CCCNCC(C(C)C)N1CC=C(C(C)(C)C)CC1. The lowest BCUT2D eigenvalue weighted by atomic mass is 9.82. The number of nitrogens with zero attached hydrogens (tertiary/aromatic N) is 1. The summed E-state index contributed by atoms with van der Waals surface area (Å²) < 4.78 is 0. The van der Waals surface area contributed by atoms with Crippen molar-refractivity contribution in [1.82, 2.24) is 10.2 Å². The fourth-order valence-electron chi connectivity index (χ4n) is 2.88. The predicted octanol–water partition coefficient (Wildman–Crippen LogP) is 3.69. The molecule has 112 valence electrons. The Morgan fingerprint density at radius 3 is 2.42 bits per heavy atom. The Morgan fingerprint density at radius 2 is 2.00 bits per heavy atom. The summed E-state index contributed by atoms with van der Waals surface area (Å²) in [6, 6.07) is 0.671. The summed E-state index contributed by atoms with van der Waals surface area (Å²) in [4.78, 5) is 2.66. The van der Waals surface area contributed by atoms with Crippen LogP contribution in [-0.4, -0.2) is 37.1 Å². The van der Waals surface area contributed by atoms with Gasteiger partial charge in [0, 0.05) is 25.7 Å². The van der Waals surface area contributed by atoms with E-state index in [-0.39, 0.29) is 0 Å². The standard InChI is InChI=1S/C17H34N2/c1-7-10-18-13-16(14(2)3)19-11-8-15(9-12-19)17(4,5)6/h8,14,16,18H,7,9-13H2,1-6H3. The van der Waals surface area contributed by atoms with Gasteiger partial charge in [0.05, 0.1) is 0 Å². The molecule has 1 aliphatic heterocycles. The Hall–Kier alpha value is -0.340. The molecule has 0 saturated carbocycles. The van der Waals surface area contributed by atoms with Gasteiger partial charge in [0.1, 0.15) is 0 Å².